The molecule has 0 bridgehead atoms. The van der Waals surface area contributed by atoms with E-state index in [-0.39, 0.29) is 17.9 Å². The second-order valence-corrected chi connectivity index (χ2v) is 7.33. The van der Waals surface area contributed by atoms with Crippen molar-refractivity contribution >= 4 is 16.8 Å². The Hall–Kier alpha value is -3.74. The lowest BCUT2D eigenvalue weighted by atomic mass is 10.2. The van der Waals surface area contributed by atoms with E-state index in [4.69, 9.17) is 0 Å². The van der Waals surface area contributed by atoms with Crippen molar-refractivity contribution in [1.29, 1.82) is 0 Å². The molecule has 0 spiro atoms. The lowest BCUT2D eigenvalue weighted by molar-refractivity contribution is -0.131. The van der Waals surface area contributed by atoms with Gasteiger partial charge in [0.2, 0.25) is 11.3 Å². The third-order valence-corrected chi connectivity index (χ3v) is 5.31. The van der Waals surface area contributed by atoms with Gasteiger partial charge in [-0.1, -0.05) is 30.3 Å². The SMILES string of the molecule is Cc1nn(-c2ccccc2)c(C)c1CN(C)C(=O)Cn1ncc(=O)c2ccccc21. The minimum atomic E-state index is -0.151. The van der Waals surface area contributed by atoms with E-state index < -0.39 is 0 Å². The maximum Gasteiger partial charge on any atom is 0.244 e. The van der Waals surface area contributed by atoms with Gasteiger partial charge in [-0.3, -0.25) is 14.3 Å². The Morgan fingerprint density at radius 2 is 1.73 bits per heavy atom. The van der Waals surface area contributed by atoms with Gasteiger partial charge in [-0.05, 0) is 38.1 Å². The van der Waals surface area contributed by atoms with Gasteiger partial charge in [0.15, 0.2) is 0 Å². The fourth-order valence-electron chi connectivity index (χ4n) is 3.59. The molecule has 0 unspecified atom stereocenters. The molecule has 30 heavy (non-hydrogen) atoms. The van der Waals surface area contributed by atoms with Crippen molar-refractivity contribution in [1.82, 2.24) is 24.5 Å². The molecule has 2 aromatic carbocycles. The molecule has 0 aliphatic rings. The zero-order chi connectivity index (χ0) is 21.3. The van der Waals surface area contributed by atoms with E-state index in [1.165, 1.54) is 6.20 Å². The van der Waals surface area contributed by atoms with Crippen molar-refractivity contribution in [3.63, 3.8) is 0 Å². The number of aryl methyl sites for hydroxylation is 1. The molecule has 0 radical (unpaired) electrons. The van der Waals surface area contributed by atoms with Crippen LogP contribution in [0.15, 0.2) is 65.6 Å². The Morgan fingerprint density at radius 1 is 1.03 bits per heavy atom. The van der Waals surface area contributed by atoms with Gasteiger partial charge in [0.25, 0.3) is 0 Å². The molecule has 0 saturated carbocycles. The van der Waals surface area contributed by atoms with Crippen LogP contribution in [0.25, 0.3) is 16.6 Å². The van der Waals surface area contributed by atoms with E-state index >= 15 is 0 Å². The molecular formula is C23H23N5O2. The zero-order valence-electron chi connectivity index (χ0n) is 17.2. The summed E-state index contributed by atoms with van der Waals surface area (Å²) in [6, 6.07) is 17.1. The molecule has 0 N–H and O–H groups in total. The fraction of sp³-hybridized carbons (Fsp3) is 0.217. The van der Waals surface area contributed by atoms with E-state index in [0.29, 0.717) is 17.4 Å². The number of rotatable bonds is 5. The van der Waals surface area contributed by atoms with E-state index in [1.807, 2.05) is 54.9 Å². The first-order chi connectivity index (χ1) is 14.5. The van der Waals surface area contributed by atoms with Crippen LogP contribution in [0.4, 0.5) is 0 Å². The Kier molecular flexibility index (Phi) is 5.18. The summed E-state index contributed by atoms with van der Waals surface area (Å²) in [6.45, 7) is 4.47. The second-order valence-electron chi connectivity index (χ2n) is 7.33. The maximum absolute atomic E-state index is 12.9. The summed E-state index contributed by atoms with van der Waals surface area (Å²) in [4.78, 5) is 26.6. The van der Waals surface area contributed by atoms with Gasteiger partial charge in [-0.15, -0.1) is 0 Å². The molecule has 0 fully saturated rings. The van der Waals surface area contributed by atoms with Crippen LogP contribution in [0.2, 0.25) is 0 Å². The molecule has 7 heteroatoms. The van der Waals surface area contributed by atoms with Crippen LogP contribution in [0, 0.1) is 13.8 Å². The number of carbonyl (C=O) groups excluding carboxylic acids is 1. The van der Waals surface area contributed by atoms with Crippen molar-refractivity contribution in [3.8, 4) is 5.69 Å². The largest absolute Gasteiger partial charge is 0.340 e. The predicted octanol–water partition coefficient (Wildman–Crippen LogP) is 2.86. The molecule has 4 rings (SSSR count). The number of nitrogens with zero attached hydrogens (tertiary/aromatic N) is 5. The van der Waals surface area contributed by atoms with Crippen LogP contribution < -0.4 is 5.43 Å². The highest BCUT2D eigenvalue weighted by Crippen LogP contribution is 2.19. The number of amides is 1. The number of benzene rings is 2. The molecule has 152 valence electrons. The maximum atomic E-state index is 12.9. The third-order valence-electron chi connectivity index (χ3n) is 5.31. The normalized spacial score (nSPS) is 11.0. The Bertz CT molecular complexity index is 1270. The van der Waals surface area contributed by atoms with Crippen LogP contribution in [-0.2, 0) is 17.9 Å². The van der Waals surface area contributed by atoms with Crippen molar-refractivity contribution in [3.05, 3.63) is 88.0 Å². The van der Waals surface area contributed by atoms with Crippen molar-refractivity contribution in [2.75, 3.05) is 7.05 Å². The number of hydrogen-bond acceptors (Lipinski definition) is 4. The smallest absolute Gasteiger partial charge is 0.244 e. The van der Waals surface area contributed by atoms with Crippen molar-refractivity contribution < 1.29 is 4.79 Å². The van der Waals surface area contributed by atoms with Crippen molar-refractivity contribution in [2.24, 2.45) is 0 Å². The summed E-state index contributed by atoms with van der Waals surface area (Å²) in [7, 11) is 1.77. The highest BCUT2D eigenvalue weighted by atomic mass is 16.2. The average molecular weight is 401 g/mol. The van der Waals surface area contributed by atoms with E-state index in [2.05, 4.69) is 10.2 Å². The topological polar surface area (TPSA) is 73.0 Å². The van der Waals surface area contributed by atoms with Gasteiger partial charge in [0, 0.05) is 30.2 Å². The second kappa shape index (κ2) is 7.94. The van der Waals surface area contributed by atoms with E-state index in [0.717, 1.165) is 22.6 Å². The number of para-hydroxylation sites is 2. The molecule has 0 saturated heterocycles. The molecule has 4 aromatic rings. The molecule has 1 amide bonds. The summed E-state index contributed by atoms with van der Waals surface area (Å²) >= 11 is 0. The van der Waals surface area contributed by atoms with Crippen LogP contribution in [0.1, 0.15) is 17.0 Å². The number of aromatic nitrogens is 4. The summed E-state index contributed by atoms with van der Waals surface area (Å²) < 4.78 is 3.47. The van der Waals surface area contributed by atoms with Gasteiger partial charge < -0.3 is 4.90 Å². The first-order valence-corrected chi connectivity index (χ1v) is 9.75. The summed E-state index contributed by atoms with van der Waals surface area (Å²) in [5.74, 6) is -0.0948. The highest BCUT2D eigenvalue weighted by Gasteiger charge is 2.18. The molecular weight excluding hydrogens is 378 g/mol. The predicted molar refractivity (Wildman–Crippen MR) is 116 cm³/mol. The van der Waals surface area contributed by atoms with Crippen molar-refractivity contribution in [2.45, 2.75) is 26.9 Å². The van der Waals surface area contributed by atoms with Crippen LogP contribution in [-0.4, -0.2) is 37.4 Å². The number of hydrogen-bond donors (Lipinski definition) is 0. The average Bonchev–Trinajstić information content (AvgIpc) is 3.04. The fourth-order valence-corrected chi connectivity index (χ4v) is 3.59. The summed E-state index contributed by atoms with van der Waals surface area (Å²) in [5, 5.41) is 9.36. The lowest BCUT2D eigenvalue weighted by Gasteiger charge is -2.19. The van der Waals surface area contributed by atoms with Gasteiger partial charge >= 0.3 is 0 Å². The first-order valence-electron chi connectivity index (χ1n) is 9.75. The summed E-state index contributed by atoms with van der Waals surface area (Å²) in [5.41, 5.74) is 4.40. The minimum Gasteiger partial charge on any atom is -0.340 e. The Labute approximate surface area is 174 Å². The number of carbonyl (C=O) groups is 1. The molecule has 2 aromatic heterocycles. The number of fused-ring (bicyclic) bond motifs is 1. The minimum absolute atomic E-state index is 0.0577. The van der Waals surface area contributed by atoms with Crippen LogP contribution >= 0.6 is 0 Å². The molecule has 0 atom stereocenters. The highest BCUT2D eigenvalue weighted by molar-refractivity contribution is 5.81. The lowest BCUT2D eigenvalue weighted by Crippen LogP contribution is -2.31. The van der Waals surface area contributed by atoms with Crippen LogP contribution in [0.5, 0.6) is 0 Å². The molecule has 2 heterocycles. The zero-order valence-corrected chi connectivity index (χ0v) is 17.2. The van der Waals surface area contributed by atoms with Gasteiger partial charge in [-0.2, -0.15) is 10.2 Å². The van der Waals surface area contributed by atoms with Gasteiger partial charge in [0.1, 0.15) is 6.54 Å². The standard InChI is InChI=1S/C23H23N5O2/c1-16-20(17(2)28(25-16)18-9-5-4-6-10-18)14-26(3)23(30)15-27-21-12-8-7-11-19(21)22(29)13-24-27/h4-13H,14-15H2,1-3H3. The van der Waals surface area contributed by atoms with E-state index in [1.54, 1.807) is 34.8 Å². The Morgan fingerprint density at radius 3 is 2.50 bits per heavy atom. The number of likely N-dealkylation sites (N-methyl/N-ethyl adjacent to an activating group) is 1. The Balaban J connectivity index is 1.56. The van der Waals surface area contributed by atoms with Gasteiger partial charge in [0.05, 0.1) is 23.1 Å². The molecule has 7 nitrogen and oxygen atoms in total. The summed E-state index contributed by atoms with van der Waals surface area (Å²) in [6.07, 6.45) is 1.26. The molecule has 0 aliphatic carbocycles. The van der Waals surface area contributed by atoms with E-state index in [9.17, 15) is 9.59 Å². The van der Waals surface area contributed by atoms with Gasteiger partial charge in [-0.25, -0.2) is 4.68 Å². The quantitative estimate of drug-likeness (QED) is 0.515. The van der Waals surface area contributed by atoms with Crippen LogP contribution in [0.3, 0.4) is 0 Å². The monoisotopic (exact) mass is 401 g/mol. The first kappa shape index (κ1) is 19.6. The third kappa shape index (κ3) is 3.61. The molecule has 0 aliphatic heterocycles.